The second-order valence-corrected chi connectivity index (χ2v) is 4.64. The predicted molar refractivity (Wildman–Crippen MR) is 84.8 cm³/mol. The van der Waals surface area contributed by atoms with E-state index in [2.05, 4.69) is 15.5 Å². The number of aromatic nitrogens is 2. The van der Waals surface area contributed by atoms with Crippen molar-refractivity contribution in [3.05, 3.63) is 41.6 Å². The Hall–Kier alpha value is -2.41. The van der Waals surface area contributed by atoms with Gasteiger partial charge in [-0.2, -0.15) is 5.10 Å². The first-order valence-electron chi connectivity index (χ1n) is 6.22. The topological polar surface area (TPSA) is 82.3 Å². The molecular formula is C14H16N4O2S. The molecule has 0 saturated heterocycles. The van der Waals surface area contributed by atoms with Crippen LogP contribution in [0.25, 0.3) is 0 Å². The van der Waals surface area contributed by atoms with Gasteiger partial charge < -0.3 is 20.5 Å². The minimum atomic E-state index is 0.278. The number of benzene rings is 1. The number of hydrogen-bond donors (Lipinski definition) is 2. The van der Waals surface area contributed by atoms with Gasteiger partial charge >= 0.3 is 0 Å². The highest BCUT2D eigenvalue weighted by Crippen LogP contribution is 2.27. The lowest BCUT2D eigenvalue weighted by Gasteiger charge is -2.11. The average molecular weight is 304 g/mol. The molecule has 0 aliphatic heterocycles. The van der Waals surface area contributed by atoms with E-state index < -0.39 is 0 Å². The molecule has 1 aromatic heterocycles. The maximum Gasteiger partial charge on any atom is 0.161 e. The Kier molecular flexibility index (Phi) is 4.89. The first-order valence-corrected chi connectivity index (χ1v) is 6.62. The fraction of sp³-hybridized carbons (Fsp3) is 0.214. The van der Waals surface area contributed by atoms with Crippen molar-refractivity contribution in [2.75, 3.05) is 19.5 Å². The smallest absolute Gasteiger partial charge is 0.161 e. The van der Waals surface area contributed by atoms with E-state index in [9.17, 15) is 0 Å². The Morgan fingerprint density at radius 3 is 2.67 bits per heavy atom. The molecule has 0 bridgehead atoms. The number of methoxy groups -OCH3 is 2. The Balaban J connectivity index is 2.15. The third-order valence-electron chi connectivity index (χ3n) is 2.89. The van der Waals surface area contributed by atoms with Crippen LogP contribution >= 0.6 is 12.2 Å². The number of nitrogens with zero attached hydrogens (tertiary/aromatic N) is 2. The van der Waals surface area contributed by atoms with Gasteiger partial charge in [-0.1, -0.05) is 18.3 Å². The van der Waals surface area contributed by atoms with Crippen LogP contribution in [0.5, 0.6) is 11.5 Å². The van der Waals surface area contributed by atoms with Gasteiger partial charge in [0, 0.05) is 6.54 Å². The van der Waals surface area contributed by atoms with Gasteiger partial charge in [0.05, 0.1) is 26.0 Å². The summed E-state index contributed by atoms with van der Waals surface area (Å²) in [7, 11) is 3.20. The summed E-state index contributed by atoms with van der Waals surface area (Å²) >= 11 is 4.99. The van der Waals surface area contributed by atoms with Crippen molar-refractivity contribution in [1.82, 2.24) is 10.2 Å². The van der Waals surface area contributed by atoms with Gasteiger partial charge in [0.25, 0.3) is 0 Å². The summed E-state index contributed by atoms with van der Waals surface area (Å²) in [6.07, 6.45) is 1.55. The highest BCUT2D eigenvalue weighted by atomic mass is 32.1. The van der Waals surface area contributed by atoms with Gasteiger partial charge in [-0.15, -0.1) is 5.10 Å². The summed E-state index contributed by atoms with van der Waals surface area (Å²) in [6, 6.07) is 7.40. The van der Waals surface area contributed by atoms with Crippen LogP contribution < -0.4 is 20.5 Å². The van der Waals surface area contributed by atoms with E-state index in [1.807, 2.05) is 18.2 Å². The molecule has 1 aromatic carbocycles. The Bertz CT molecular complexity index is 649. The fourth-order valence-electron chi connectivity index (χ4n) is 1.84. The van der Waals surface area contributed by atoms with Gasteiger partial charge in [-0.25, -0.2) is 0 Å². The number of thiocarbonyl (C=S) groups is 1. The van der Waals surface area contributed by atoms with E-state index in [1.54, 1.807) is 26.5 Å². The summed E-state index contributed by atoms with van der Waals surface area (Å²) in [6.45, 7) is 0.536. The minimum absolute atomic E-state index is 0.278. The molecule has 110 valence electrons. The predicted octanol–water partition coefficient (Wildman–Crippen LogP) is 1.74. The Morgan fingerprint density at radius 2 is 2.00 bits per heavy atom. The van der Waals surface area contributed by atoms with Crippen LogP contribution in [0.15, 0.2) is 30.5 Å². The lowest BCUT2D eigenvalue weighted by atomic mass is 10.2. The van der Waals surface area contributed by atoms with Gasteiger partial charge in [0.1, 0.15) is 4.99 Å². The summed E-state index contributed by atoms with van der Waals surface area (Å²) in [5.41, 5.74) is 7.33. The molecule has 0 unspecified atom stereocenters. The summed E-state index contributed by atoms with van der Waals surface area (Å²) < 4.78 is 10.5. The largest absolute Gasteiger partial charge is 0.493 e. The normalized spacial score (nSPS) is 10.0. The molecule has 0 radical (unpaired) electrons. The Labute approximate surface area is 128 Å². The van der Waals surface area contributed by atoms with E-state index in [1.165, 1.54) is 0 Å². The zero-order chi connectivity index (χ0) is 15.2. The van der Waals surface area contributed by atoms with E-state index in [0.717, 1.165) is 5.56 Å². The lowest BCUT2D eigenvalue weighted by molar-refractivity contribution is 0.354. The maximum atomic E-state index is 5.65. The molecular weight excluding hydrogens is 288 g/mol. The summed E-state index contributed by atoms with van der Waals surface area (Å²) in [5.74, 6) is 1.91. The van der Waals surface area contributed by atoms with Crippen molar-refractivity contribution < 1.29 is 9.47 Å². The molecule has 0 spiro atoms. The van der Waals surface area contributed by atoms with E-state index >= 15 is 0 Å². The minimum Gasteiger partial charge on any atom is -0.493 e. The number of ether oxygens (including phenoxy) is 2. The van der Waals surface area contributed by atoms with Crippen LogP contribution in [-0.4, -0.2) is 29.4 Å². The van der Waals surface area contributed by atoms with Crippen LogP contribution in [0, 0.1) is 0 Å². The van der Waals surface area contributed by atoms with Crippen LogP contribution in [-0.2, 0) is 6.54 Å². The molecule has 1 heterocycles. The zero-order valence-electron chi connectivity index (χ0n) is 11.8. The van der Waals surface area contributed by atoms with Crippen molar-refractivity contribution >= 4 is 23.0 Å². The van der Waals surface area contributed by atoms with Crippen molar-refractivity contribution in [2.45, 2.75) is 6.54 Å². The molecule has 0 aliphatic rings. The highest BCUT2D eigenvalue weighted by Gasteiger charge is 2.08. The number of nitrogens with one attached hydrogen (secondary N) is 1. The van der Waals surface area contributed by atoms with Crippen molar-refractivity contribution in [2.24, 2.45) is 5.73 Å². The standard InChI is InChI=1S/C14H16N4O2S/c1-19-11-4-3-9(7-12(11)20-2)8-16-14-10(13(15)21)5-6-17-18-14/h3-7H,8H2,1-2H3,(H2,15,21)(H,16,18). The van der Waals surface area contributed by atoms with Crippen LogP contribution in [0.1, 0.15) is 11.1 Å². The average Bonchev–Trinajstić information content (AvgIpc) is 2.52. The molecule has 7 heteroatoms. The molecule has 0 atom stereocenters. The molecule has 0 aliphatic carbocycles. The third kappa shape index (κ3) is 3.57. The monoisotopic (exact) mass is 304 g/mol. The highest BCUT2D eigenvalue weighted by molar-refractivity contribution is 7.80. The van der Waals surface area contributed by atoms with Crippen LogP contribution in [0.2, 0.25) is 0 Å². The molecule has 2 rings (SSSR count). The summed E-state index contributed by atoms with van der Waals surface area (Å²) in [4.78, 5) is 0.278. The van der Waals surface area contributed by atoms with Gasteiger partial charge in [0.2, 0.25) is 0 Å². The molecule has 0 fully saturated rings. The lowest BCUT2D eigenvalue weighted by Crippen LogP contribution is -2.15. The number of anilines is 1. The second kappa shape index (κ2) is 6.85. The van der Waals surface area contributed by atoms with Crippen LogP contribution in [0.3, 0.4) is 0 Å². The van der Waals surface area contributed by atoms with Gasteiger partial charge in [-0.05, 0) is 23.8 Å². The van der Waals surface area contributed by atoms with Gasteiger partial charge in [-0.3, -0.25) is 0 Å². The Morgan fingerprint density at radius 1 is 1.24 bits per heavy atom. The third-order valence-corrected chi connectivity index (χ3v) is 3.11. The van der Waals surface area contributed by atoms with Crippen molar-refractivity contribution in [3.8, 4) is 11.5 Å². The summed E-state index contributed by atoms with van der Waals surface area (Å²) in [5, 5.41) is 11.0. The van der Waals surface area contributed by atoms with E-state index in [-0.39, 0.29) is 4.99 Å². The SMILES string of the molecule is COc1ccc(CNc2nnccc2C(N)=S)cc1OC. The molecule has 2 aromatic rings. The number of nitrogens with two attached hydrogens (primary N) is 1. The number of hydrogen-bond acceptors (Lipinski definition) is 6. The quantitative estimate of drug-likeness (QED) is 0.787. The van der Waals surface area contributed by atoms with Crippen LogP contribution in [0.4, 0.5) is 5.82 Å². The first-order chi connectivity index (χ1) is 10.2. The molecule has 0 saturated carbocycles. The van der Waals surface area contributed by atoms with Crippen molar-refractivity contribution in [3.63, 3.8) is 0 Å². The van der Waals surface area contributed by atoms with Crippen molar-refractivity contribution in [1.29, 1.82) is 0 Å². The molecule has 0 amide bonds. The molecule has 3 N–H and O–H groups in total. The molecule has 21 heavy (non-hydrogen) atoms. The molecule has 6 nitrogen and oxygen atoms in total. The number of rotatable bonds is 6. The van der Waals surface area contributed by atoms with Gasteiger partial charge in [0.15, 0.2) is 17.3 Å². The first kappa shape index (κ1) is 15.0. The van der Waals surface area contributed by atoms with E-state index in [4.69, 9.17) is 27.4 Å². The second-order valence-electron chi connectivity index (χ2n) is 4.20. The van der Waals surface area contributed by atoms with E-state index in [0.29, 0.717) is 29.4 Å². The zero-order valence-corrected chi connectivity index (χ0v) is 12.6. The fourth-order valence-corrected chi connectivity index (χ4v) is 2.00. The maximum absolute atomic E-state index is 5.65.